The van der Waals surface area contributed by atoms with Gasteiger partial charge in [0.1, 0.15) is 6.61 Å². The smallest absolute Gasteiger partial charge is 0.410 e. The molecule has 3 aromatic rings. The number of hydrogen-bond donors (Lipinski definition) is 2. The number of carbonyl (C=O) groups excluding carboxylic acids is 2. The molecule has 4 rings (SSSR count). The molecular weight excluding hydrogens is 485 g/mol. The maximum atomic E-state index is 15.2. The van der Waals surface area contributed by atoms with Crippen LogP contribution in [0.15, 0.2) is 66.9 Å². The Morgan fingerprint density at radius 3 is 2.47 bits per heavy atom. The number of anilines is 2. The van der Waals surface area contributed by atoms with Gasteiger partial charge in [-0.3, -0.25) is 9.88 Å². The standard InChI is InChI=1S/C27H30FN5O3.C2H6/c1-19-11-12-23(15-29-19)30-26(34)31-24-10-6-9-22(25(24)28)17-32-13-14-33(20(2)16-32)27(35)36-18-21-7-4-3-5-8-21;1-2/h3-12,15,20H,13-14,16-18H2,1-2H3,(H2,30,31,34);1-2H3/t20-;/m1./s1. The summed E-state index contributed by atoms with van der Waals surface area (Å²) in [4.78, 5) is 32.8. The number of halogens is 1. The monoisotopic (exact) mass is 521 g/mol. The molecule has 9 heteroatoms. The van der Waals surface area contributed by atoms with Gasteiger partial charge in [0.05, 0.1) is 17.6 Å². The molecule has 0 radical (unpaired) electrons. The SMILES string of the molecule is CC.Cc1ccc(NC(=O)Nc2cccc(CN3CCN(C(=O)OCc4ccccc4)[C@H](C)C3)c2F)cn1. The van der Waals surface area contributed by atoms with Gasteiger partial charge in [0.25, 0.3) is 0 Å². The second kappa shape index (κ2) is 14.1. The molecule has 1 aliphatic rings. The summed E-state index contributed by atoms with van der Waals surface area (Å²) in [6, 6.07) is 17.4. The van der Waals surface area contributed by atoms with E-state index < -0.39 is 11.8 Å². The molecule has 1 aromatic heterocycles. The Kier molecular flexibility index (Phi) is 10.6. The van der Waals surface area contributed by atoms with Crippen molar-refractivity contribution in [3.8, 4) is 0 Å². The first kappa shape index (κ1) is 28.6. The summed E-state index contributed by atoms with van der Waals surface area (Å²) in [5.74, 6) is -0.480. The molecule has 38 heavy (non-hydrogen) atoms. The van der Waals surface area contributed by atoms with Crippen LogP contribution in [0.25, 0.3) is 0 Å². The number of piperazine rings is 1. The number of amides is 3. The van der Waals surface area contributed by atoms with E-state index in [-0.39, 0.29) is 24.4 Å². The van der Waals surface area contributed by atoms with Gasteiger partial charge in [-0.25, -0.2) is 14.0 Å². The molecule has 202 valence electrons. The third-order valence-corrected chi connectivity index (χ3v) is 6.04. The lowest BCUT2D eigenvalue weighted by Gasteiger charge is -2.39. The van der Waals surface area contributed by atoms with Crippen molar-refractivity contribution in [2.24, 2.45) is 0 Å². The maximum Gasteiger partial charge on any atom is 0.410 e. The first-order chi connectivity index (χ1) is 18.4. The molecule has 1 atom stereocenters. The molecule has 2 N–H and O–H groups in total. The van der Waals surface area contributed by atoms with Crippen LogP contribution in [0.5, 0.6) is 0 Å². The van der Waals surface area contributed by atoms with Crippen LogP contribution in [0.4, 0.5) is 25.4 Å². The van der Waals surface area contributed by atoms with E-state index in [0.717, 1.165) is 11.3 Å². The summed E-state index contributed by atoms with van der Waals surface area (Å²) < 4.78 is 20.6. The molecule has 1 aliphatic heterocycles. The van der Waals surface area contributed by atoms with Gasteiger partial charge in [0.15, 0.2) is 5.82 Å². The second-order valence-corrected chi connectivity index (χ2v) is 8.86. The molecule has 1 saturated heterocycles. The third kappa shape index (κ3) is 8.01. The molecule has 0 spiro atoms. The molecule has 2 aromatic carbocycles. The number of nitrogens with zero attached hydrogens (tertiary/aromatic N) is 3. The Balaban J connectivity index is 0.00000195. The molecule has 3 amide bonds. The number of aromatic nitrogens is 1. The molecule has 0 unspecified atom stereocenters. The molecular formula is C29H36FN5O3. The van der Waals surface area contributed by atoms with E-state index in [1.165, 1.54) is 6.07 Å². The van der Waals surface area contributed by atoms with Crippen molar-refractivity contribution in [1.82, 2.24) is 14.8 Å². The first-order valence-electron chi connectivity index (χ1n) is 12.9. The number of aryl methyl sites for hydroxylation is 1. The van der Waals surface area contributed by atoms with Crippen molar-refractivity contribution in [2.45, 2.75) is 46.9 Å². The van der Waals surface area contributed by atoms with Crippen LogP contribution in [-0.2, 0) is 17.9 Å². The predicted molar refractivity (Wildman–Crippen MR) is 147 cm³/mol. The van der Waals surface area contributed by atoms with Crippen molar-refractivity contribution in [1.29, 1.82) is 0 Å². The lowest BCUT2D eigenvalue weighted by atomic mass is 10.1. The molecule has 0 saturated carbocycles. The van der Waals surface area contributed by atoms with Crippen LogP contribution in [0.3, 0.4) is 0 Å². The molecule has 2 heterocycles. The first-order valence-corrected chi connectivity index (χ1v) is 12.9. The van der Waals surface area contributed by atoms with Gasteiger partial charge >= 0.3 is 12.1 Å². The number of urea groups is 1. The topological polar surface area (TPSA) is 86.8 Å². The number of nitrogens with one attached hydrogen (secondary N) is 2. The molecule has 0 aliphatic carbocycles. The number of rotatable bonds is 6. The third-order valence-electron chi connectivity index (χ3n) is 6.04. The van der Waals surface area contributed by atoms with Crippen LogP contribution >= 0.6 is 0 Å². The van der Waals surface area contributed by atoms with E-state index in [4.69, 9.17) is 4.74 Å². The van der Waals surface area contributed by atoms with E-state index in [2.05, 4.69) is 20.5 Å². The van der Waals surface area contributed by atoms with E-state index in [9.17, 15) is 9.59 Å². The summed E-state index contributed by atoms with van der Waals surface area (Å²) in [5, 5.41) is 5.22. The van der Waals surface area contributed by atoms with Gasteiger partial charge in [-0.15, -0.1) is 0 Å². The van der Waals surface area contributed by atoms with Crippen molar-refractivity contribution in [3.05, 3.63) is 89.5 Å². The van der Waals surface area contributed by atoms with Crippen LogP contribution in [-0.4, -0.2) is 52.6 Å². The largest absolute Gasteiger partial charge is 0.445 e. The highest BCUT2D eigenvalue weighted by Crippen LogP contribution is 2.22. The Morgan fingerprint density at radius 1 is 1.03 bits per heavy atom. The van der Waals surface area contributed by atoms with Crippen molar-refractivity contribution in [2.75, 3.05) is 30.3 Å². The minimum Gasteiger partial charge on any atom is -0.445 e. The predicted octanol–water partition coefficient (Wildman–Crippen LogP) is 6.04. The average Bonchev–Trinajstić information content (AvgIpc) is 2.93. The molecule has 1 fully saturated rings. The van der Waals surface area contributed by atoms with Gasteiger partial charge in [-0.05, 0) is 37.6 Å². The van der Waals surface area contributed by atoms with Gasteiger partial charge in [-0.1, -0.05) is 56.3 Å². The van der Waals surface area contributed by atoms with E-state index in [1.807, 2.05) is 58.0 Å². The van der Waals surface area contributed by atoms with E-state index in [1.54, 1.807) is 35.4 Å². The number of ether oxygens (including phenoxy) is 1. The second-order valence-electron chi connectivity index (χ2n) is 8.86. The van der Waals surface area contributed by atoms with E-state index >= 15 is 4.39 Å². The summed E-state index contributed by atoms with van der Waals surface area (Å²) in [7, 11) is 0. The maximum absolute atomic E-state index is 15.2. The highest BCUT2D eigenvalue weighted by Gasteiger charge is 2.29. The molecule has 8 nitrogen and oxygen atoms in total. The fourth-order valence-corrected chi connectivity index (χ4v) is 4.12. The number of carbonyl (C=O) groups is 2. The lowest BCUT2D eigenvalue weighted by molar-refractivity contribution is 0.0456. The van der Waals surface area contributed by atoms with E-state index in [0.29, 0.717) is 37.4 Å². The summed E-state index contributed by atoms with van der Waals surface area (Å²) in [6.45, 7) is 10.0. The van der Waals surface area contributed by atoms with Crippen LogP contribution < -0.4 is 10.6 Å². The van der Waals surface area contributed by atoms with Gasteiger partial charge in [0.2, 0.25) is 0 Å². The van der Waals surface area contributed by atoms with Gasteiger partial charge in [0, 0.05) is 43.5 Å². The highest BCUT2D eigenvalue weighted by atomic mass is 19.1. The van der Waals surface area contributed by atoms with Crippen LogP contribution in [0.1, 0.15) is 37.6 Å². The minimum absolute atomic E-state index is 0.0831. The fourth-order valence-electron chi connectivity index (χ4n) is 4.12. The lowest BCUT2D eigenvalue weighted by Crippen LogP contribution is -2.53. The van der Waals surface area contributed by atoms with Crippen molar-refractivity contribution < 1.29 is 18.7 Å². The number of pyridine rings is 1. The zero-order valence-electron chi connectivity index (χ0n) is 22.4. The summed E-state index contributed by atoms with van der Waals surface area (Å²) >= 11 is 0. The Morgan fingerprint density at radius 2 is 1.79 bits per heavy atom. The Bertz CT molecular complexity index is 1190. The zero-order valence-corrected chi connectivity index (χ0v) is 22.4. The van der Waals surface area contributed by atoms with Crippen LogP contribution in [0.2, 0.25) is 0 Å². The number of benzene rings is 2. The fraction of sp³-hybridized carbons (Fsp3) is 0.345. The quantitative estimate of drug-likeness (QED) is 0.413. The Hall–Kier alpha value is -3.98. The Labute approximate surface area is 223 Å². The minimum atomic E-state index is -0.548. The summed E-state index contributed by atoms with van der Waals surface area (Å²) in [6.07, 6.45) is 1.19. The summed E-state index contributed by atoms with van der Waals surface area (Å²) in [5.41, 5.74) is 2.85. The zero-order chi connectivity index (χ0) is 27.5. The average molecular weight is 522 g/mol. The van der Waals surface area contributed by atoms with Crippen molar-refractivity contribution in [3.63, 3.8) is 0 Å². The normalized spacial score (nSPS) is 15.2. The highest BCUT2D eigenvalue weighted by molar-refractivity contribution is 5.99. The van der Waals surface area contributed by atoms with Gasteiger partial charge < -0.3 is 20.3 Å². The molecule has 0 bridgehead atoms. The van der Waals surface area contributed by atoms with Crippen molar-refractivity contribution >= 4 is 23.5 Å². The number of hydrogen-bond acceptors (Lipinski definition) is 5. The van der Waals surface area contributed by atoms with Gasteiger partial charge in [-0.2, -0.15) is 0 Å². The van der Waals surface area contributed by atoms with Crippen LogP contribution in [0, 0.1) is 12.7 Å².